The number of benzene rings is 2. The molecule has 0 saturated carbocycles. The Kier molecular flexibility index (Phi) is 5.81. The molecule has 1 heterocycles. The van der Waals surface area contributed by atoms with Gasteiger partial charge in [-0.25, -0.2) is 9.97 Å². The molecule has 138 valence electrons. The molecule has 0 unspecified atom stereocenters. The van der Waals surface area contributed by atoms with Gasteiger partial charge in [0.15, 0.2) is 0 Å². The molecule has 27 heavy (non-hydrogen) atoms. The van der Waals surface area contributed by atoms with Crippen molar-refractivity contribution in [3.05, 3.63) is 83.2 Å². The van der Waals surface area contributed by atoms with Gasteiger partial charge < -0.3 is 10.6 Å². The van der Waals surface area contributed by atoms with E-state index in [4.69, 9.17) is 0 Å². The SMILES string of the molecule is Cc1cccc(CNc2ncc(C(=O)Nc3ccc(C(C)C)cc3)cn2)c1. The molecule has 1 aromatic heterocycles. The third kappa shape index (κ3) is 5.14. The summed E-state index contributed by atoms with van der Waals surface area (Å²) in [5.41, 5.74) is 4.78. The highest BCUT2D eigenvalue weighted by Gasteiger charge is 2.08. The van der Waals surface area contributed by atoms with Crippen LogP contribution in [-0.2, 0) is 6.54 Å². The zero-order valence-electron chi connectivity index (χ0n) is 15.9. The number of rotatable bonds is 6. The van der Waals surface area contributed by atoms with E-state index < -0.39 is 0 Å². The normalized spacial score (nSPS) is 10.7. The molecule has 0 atom stereocenters. The van der Waals surface area contributed by atoms with Gasteiger partial charge in [0.2, 0.25) is 5.95 Å². The lowest BCUT2D eigenvalue weighted by Gasteiger charge is -2.09. The van der Waals surface area contributed by atoms with Crippen LogP contribution in [0.4, 0.5) is 11.6 Å². The van der Waals surface area contributed by atoms with Crippen LogP contribution in [0.25, 0.3) is 0 Å². The highest BCUT2D eigenvalue weighted by atomic mass is 16.1. The first kappa shape index (κ1) is 18.6. The van der Waals surface area contributed by atoms with Crippen LogP contribution >= 0.6 is 0 Å². The van der Waals surface area contributed by atoms with E-state index in [9.17, 15) is 4.79 Å². The summed E-state index contributed by atoms with van der Waals surface area (Å²) >= 11 is 0. The van der Waals surface area contributed by atoms with E-state index in [0.29, 0.717) is 24.0 Å². The first-order valence-corrected chi connectivity index (χ1v) is 9.04. The van der Waals surface area contributed by atoms with Crippen molar-refractivity contribution in [1.29, 1.82) is 0 Å². The largest absolute Gasteiger partial charge is 0.350 e. The van der Waals surface area contributed by atoms with Gasteiger partial charge in [-0.3, -0.25) is 4.79 Å². The van der Waals surface area contributed by atoms with Crippen molar-refractivity contribution in [2.24, 2.45) is 0 Å². The number of amides is 1. The van der Waals surface area contributed by atoms with Crippen LogP contribution in [0.2, 0.25) is 0 Å². The molecule has 3 aromatic rings. The summed E-state index contributed by atoms with van der Waals surface area (Å²) < 4.78 is 0. The Labute approximate surface area is 159 Å². The van der Waals surface area contributed by atoms with Crippen LogP contribution in [-0.4, -0.2) is 15.9 Å². The van der Waals surface area contributed by atoms with Gasteiger partial charge in [-0.05, 0) is 36.1 Å². The monoisotopic (exact) mass is 360 g/mol. The smallest absolute Gasteiger partial charge is 0.258 e. The zero-order valence-corrected chi connectivity index (χ0v) is 15.9. The predicted molar refractivity (Wildman–Crippen MR) is 109 cm³/mol. The average molecular weight is 360 g/mol. The lowest BCUT2D eigenvalue weighted by molar-refractivity contribution is 0.102. The van der Waals surface area contributed by atoms with Gasteiger partial charge in [0.05, 0.1) is 5.56 Å². The Balaban J connectivity index is 1.58. The standard InChI is InChI=1S/C22H24N4O/c1-15(2)18-7-9-20(10-8-18)26-21(27)19-13-24-22(25-14-19)23-12-17-6-4-5-16(3)11-17/h4-11,13-15H,12H2,1-3H3,(H,26,27)(H,23,24,25). The van der Waals surface area contributed by atoms with Crippen LogP contribution in [0.15, 0.2) is 60.9 Å². The van der Waals surface area contributed by atoms with Crippen LogP contribution in [0.3, 0.4) is 0 Å². The van der Waals surface area contributed by atoms with Crippen molar-refractivity contribution in [2.45, 2.75) is 33.2 Å². The summed E-state index contributed by atoms with van der Waals surface area (Å²) in [5.74, 6) is 0.731. The molecular weight excluding hydrogens is 336 g/mol. The summed E-state index contributed by atoms with van der Waals surface area (Å²) in [6, 6.07) is 16.1. The number of nitrogens with one attached hydrogen (secondary N) is 2. The lowest BCUT2D eigenvalue weighted by atomic mass is 10.0. The van der Waals surface area contributed by atoms with Gasteiger partial charge in [0, 0.05) is 24.6 Å². The molecule has 5 nitrogen and oxygen atoms in total. The van der Waals surface area contributed by atoms with E-state index in [-0.39, 0.29) is 5.91 Å². The average Bonchev–Trinajstić information content (AvgIpc) is 2.67. The van der Waals surface area contributed by atoms with Crippen molar-refractivity contribution >= 4 is 17.5 Å². The minimum atomic E-state index is -0.225. The molecule has 2 aromatic carbocycles. The number of carbonyl (C=O) groups excluding carboxylic acids is 1. The molecule has 0 fully saturated rings. The molecule has 0 aliphatic heterocycles. The number of carbonyl (C=O) groups is 1. The second kappa shape index (κ2) is 8.45. The Morgan fingerprint density at radius 3 is 2.37 bits per heavy atom. The minimum Gasteiger partial charge on any atom is -0.350 e. The van der Waals surface area contributed by atoms with Crippen LogP contribution in [0.1, 0.15) is 46.8 Å². The predicted octanol–water partition coefficient (Wildman–Crippen LogP) is 4.77. The molecule has 0 aliphatic rings. The molecule has 5 heteroatoms. The Hall–Kier alpha value is -3.21. The van der Waals surface area contributed by atoms with Gasteiger partial charge in [-0.15, -0.1) is 0 Å². The first-order valence-electron chi connectivity index (χ1n) is 9.04. The number of anilines is 2. The number of hydrogen-bond donors (Lipinski definition) is 2. The fraction of sp³-hybridized carbons (Fsp3) is 0.227. The van der Waals surface area contributed by atoms with Gasteiger partial charge in [0.1, 0.15) is 0 Å². The number of nitrogens with zero attached hydrogens (tertiary/aromatic N) is 2. The van der Waals surface area contributed by atoms with Crippen molar-refractivity contribution < 1.29 is 4.79 Å². The first-order chi connectivity index (χ1) is 13.0. The zero-order chi connectivity index (χ0) is 19.2. The molecule has 0 bridgehead atoms. The van der Waals surface area contributed by atoms with E-state index in [0.717, 1.165) is 11.3 Å². The Bertz CT molecular complexity index is 902. The van der Waals surface area contributed by atoms with Gasteiger partial charge in [0.25, 0.3) is 5.91 Å². The molecule has 1 amide bonds. The maximum absolute atomic E-state index is 12.3. The van der Waals surface area contributed by atoms with E-state index in [1.54, 1.807) is 0 Å². The third-order valence-corrected chi connectivity index (χ3v) is 4.28. The summed E-state index contributed by atoms with van der Waals surface area (Å²) in [4.78, 5) is 20.8. The molecule has 2 N–H and O–H groups in total. The molecule has 3 rings (SSSR count). The summed E-state index contributed by atoms with van der Waals surface area (Å²) in [6.45, 7) is 6.97. The quantitative estimate of drug-likeness (QED) is 0.664. The van der Waals surface area contributed by atoms with Crippen molar-refractivity contribution in [1.82, 2.24) is 9.97 Å². The fourth-order valence-electron chi connectivity index (χ4n) is 2.69. The highest BCUT2D eigenvalue weighted by molar-refractivity contribution is 6.03. The minimum absolute atomic E-state index is 0.225. The maximum atomic E-state index is 12.3. The molecule has 0 spiro atoms. The van der Waals surface area contributed by atoms with Crippen molar-refractivity contribution in [2.75, 3.05) is 10.6 Å². The van der Waals surface area contributed by atoms with Crippen LogP contribution in [0.5, 0.6) is 0 Å². The second-order valence-corrected chi connectivity index (χ2v) is 6.87. The summed E-state index contributed by atoms with van der Waals surface area (Å²) in [6.07, 6.45) is 3.06. The summed E-state index contributed by atoms with van der Waals surface area (Å²) in [5, 5.41) is 6.04. The number of aromatic nitrogens is 2. The van der Waals surface area contributed by atoms with Crippen LogP contribution in [0, 0.1) is 6.92 Å². The van der Waals surface area contributed by atoms with Crippen molar-refractivity contribution in [3.63, 3.8) is 0 Å². The van der Waals surface area contributed by atoms with E-state index in [2.05, 4.69) is 53.5 Å². The molecule has 0 saturated heterocycles. The summed E-state index contributed by atoms with van der Waals surface area (Å²) in [7, 11) is 0. The van der Waals surface area contributed by atoms with E-state index >= 15 is 0 Å². The fourth-order valence-corrected chi connectivity index (χ4v) is 2.69. The Morgan fingerprint density at radius 2 is 1.74 bits per heavy atom. The topological polar surface area (TPSA) is 66.9 Å². The molecular formula is C22H24N4O. The van der Waals surface area contributed by atoms with E-state index in [1.807, 2.05) is 36.4 Å². The molecule has 0 radical (unpaired) electrons. The number of hydrogen-bond acceptors (Lipinski definition) is 4. The second-order valence-electron chi connectivity index (χ2n) is 6.87. The highest BCUT2D eigenvalue weighted by Crippen LogP contribution is 2.17. The maximum Gasteiger partial charge on any atom is 0.258 e. The van der Waals surface area contributed by atoms with Crippen molar-refractivity contribution in [3.8, 4) is 0 Å². The number of aryl methyl sites for hydroxylation is 1. The third-order valence-electron chi connectivity index (χ3n) is 4.28. The molecule has 0 aliphatic carbocycles. The van der Waals surface area contributed by atoms with Gasteiger partial charge in [-0.1, -0.05) is 55.8 Å². The van der Waals surface area contributed by atoms with Gasteiger partial charge in [-0.2, -0.15) is 0 Å². The lowest BCUT2D eigenvalue weighted by Crippen LogP contribution is -2.13. The van der Waals surface area contributed by atoms with Gasteiger partial charge >= 0.3 is 0 Å². The van der Waals surface area contributed by atoms with E-state index in [1.165, 1.54) is 23.5 Å². The Morgan fingerprint density at radius 1 is 1.04 bits per heavy atom. The van der Waals surface area contributed by atoms with Crippen LogP contribution < -0.4 is 10.6 Å².